The van der Waals surface area contributed by atoms with Crippen molar-refractivity contribution in [2.45, 2.75) is 33.2 Å². The smallest absolute Gasteiger partial charge is 0.216 e. The van der Waals surface area contributed by atoms with Crippen LogP contribution in [0.15, 0.2) is 0 Å². The van der Waals surface area contributed by atoms with E-state index in [1.54, 1.807) is 13.8 Å². The zero-order chi connectivity index (χ0) is 11.2. The summed E-state index contributed by atoms with van der Waals surface area (Å²) in [6.07, 6.45) is 0.432. The van der Waals surface area contributed by atoms with Crippen LogP contribution in [0, 0.1) is 0 Å². The molecule has 0 rings (SSSR count). The molecule has 0 spiro atoms. The molecule has 0 saturated carbocycles. The Kier molecular flexibility index (Phi) is 5.71. The van der Waals surface area contributed by atoms with E-state index in [1.165, 1.54) is 6.92 Å². The molecule has 0 fully saturated rings. The van der Waals surface area contributed by atoms with Gasteiger partial charge in [-0.3, -0.25) is 4.79 Å². The van der Waals surface area contributed by atoms with Crippen LogP contribution in [0.2, 0.25) is 0 Å². The summed E-state index contributed by atoms with van der Waals surface area (Å²) in [7, 11) is -3.18. The molecule has 88 valence electrons. The van der Waals surface area contributed by atoms with Crippen molar-refractivity contribution in [1.29, 1.82) is 0 Å². The van der Waals surface area contributed by atoms with E-state index in [4.69, 9.17) is 0 Å². The van der Waals surface area contributed by atoms with Crippen molar-refractivity contribution in [3.63, 3.8) is 0 Å². The van der Waals surface area contributed by atoms with Crippen LogP contribution in [0.3, 0.4) is 0 Å². The Morgan fingerprint density at radius 1 is 1.43 bits per heavy atom. The normalized spacial score (nSPS) is 11.7. The standard InChI is InChI=1S/C8H18N2O3S.2H2/c1-7(2)10-14(12,13)6-4-5-9-8(3)11;;/h7,10H,4-6H2,1-3H3,(H,9,11);2*1H. The van der Waals surface area contributed by atoms with Crippen LogP contribution >= 0.6 is 0 Å². The van der Waals surface area contributed by atoms with Gasteiger partial charge in [0, 0.05) is 22.4 Å². The van der Waals surface area contributed by atoms with E-state index in [0.29, 0.717) is 13.0 Å². The Balaban J connectivity index is -0.000000845. The van der Waals surface area contributed by atoms with E-state index in [-0.39, 0.29) is 20.6 Å². The third-order valence-electron chi connectivity index (χ3n) is 1.38. The van der Waals surface area contributed by atoms with E-state index in [2.05, 4.69) is 10.0 Å². The number of nitrogens with one attached hydrogen (secondary N) is 2. The molecule has 0 aliphatic rings. The fourth-order valence-electron chi connectivity index (χ4n) is 0.945. The lowest BCUT2D eigenvalue weighted by Crippen LogP contribution is -2.33. The summed E-state index contributed by atoms with van der Waals surface area (Å²) in [4.78, 5) is 10.5. The van der Waals surface area contributed by atoms with Crippen molar-refractivity contribution in [1.82, 2.24) is 10.0 Å². The van der Waals surface area contributed by atoms with Crippen LogP contribution in [0.5, 0.6) is 0 Å². The molecule has 0 heterocycles. The summed E-state index contributed by atoms with van der Waals surface area (Å²) >= 11 is 0. The van der Waals surface area contributed by atoms with Gasteiger partial charge in [0.05, 0.1) is 5.75 Å². The molecule has 2 N–H and O–H groups in total. The van der Waals surface area contributed by atoms with Gasteiger partial charge in [0.1, 0.15) is 0 Å². The van der Waals surface area contributed by atoms with Crippen molar-refractivity contribution in [3.8, 4) is 0 Å². The quantitative estimate of drug-likeness (QED) is 0.641. The fourth-order valence-corrected chi connectivity index (χ4v) is 2.31. The third kappa shape index (κ3) is 8.00. The Morgan fingerprint density at radius 3 is 2.43 bits per heavy atom. The molecular weight excluding hydrogens is 204 g/mol. The summed E-state index contributed by atoms with van der Waals surface area (Å²) in [5, 5.41) is 2.54. The number of rotatable bonds is 6. The molecule has 0 aromatic heterocycles. The average molecular weight is 226 g/mol. The first kappa shape index (κ1) is 13.4. The minimum Gasteiger partial charge on any atom is -0.356 e. The molecule has 0 aromatic carbocycles. The van der Waals surface area contributed by atoms with Gasteiger partial charge >= 0.3 is 0 Å². The summed E-state index contributed by atoms with van der Waals surface area (Å²) in [5.74, 6) is -0.0925. The average Bonchev–Trinajstić information content (AvgIpc) is 1.95. The Morgan fingerprint density at radius 2 is 2.00 bits per heavy atom. The van der Waals surface area contributed by atoms with Crippen LogP contribution in [-0.4, -0.2) is 32.7 Å². The van der Waals surface area contributed by atoms with E-state index in [1.807, 2.05) is 0 Å². The van der Waals surface area contributed by atoms with Gasteiger partial charge in [0.25, 0.3) is 0 Å². The summed E-state index contributed by atoms with van der Waals surface area (Å²) in [6, 6.07) is -0.0826. The highest BCUT2D eigenvalue weighted by atomic mass is 32.2. The second kappa shape index (κ2) is 5.98. The maximum atomic E-state index is 11.3. The lowest BCUT2D eigenvalue weighted by Gasteiger charge is -2.09. The first-order chi connectivity index (χ1) is 6.33. The lowest BCUT2D eigenvalue weighted by atomic mass is 10.4. The summed E-state index contributed by atoms with van der Waals surface area (Å²) < 4.78 is 25.0. The van der Waals surface area contributed by atoms with Crippen molar-refractivity contribution in [2.24, 2.45) is 0 Å². The van der Waals surface area contributed by atoms with Gasteiger partial charge in [-0.05, 0) is 20.3 Å². The van der Waals surface area contributed by atoms with Gasteiger partial charge < -0.3 is 5.32 Å². The van der Waals surface area contributed by atoms with Gasteiger partial charge in [-0.2, -0.15) is 0 Å². The molecule has 0 aromatic rings. The van der Waals surface area contributed by atoms with Gasteiger partial charge in [-0.15, -0.1) is 0 Å². The van der Waals surface area contributed by atoms with Crippen LogP contribution in [0.1, 0.15) is 30.0 Å². The van der Waals surface area contributed by atoms with E-state index >= 15 is 0 Å². The highest BCUT2D eigenvalue weighted by Gasteiger charge is 2.10. The number of hydrogen-bond donors (Lipinski definition) is 2. The fraction of sp³-hybridized carbons (Fsp3) is 0.875. The summed E-state index contributed by atoms with van der Waals surface area (Å²) in [5.41, 5.74) is 0. The highest BCUT2D eigenvalue weighted by Crippen LogP contribution is 1.91. The van der Waals surface area contributed by atoms with Gasteiger partial charge in [0.15, 0.2) is 0 Å². The molecule has 0 aliphatic heterocycles. The SMILES string of the molecule is CC(=O)NCCCS(=O)(=O)NC(C)C.[HH].[HH]. The molecule has 1 amide bonds. The minimum absolute atomic E-state index is 0. The number of sulfonamides is 1. The van der Waals surface area contributed by atoms with Gasteiger partial charge in [0.2, 0.25) is 15.9 Å². The van der Waals surface area contributed by atoms with Crippen molar-refractivity contribution in [2.75, 3.05) is 12.3 Å². The zero-order valence-electron chi connectivity index (χ0n) is 8.83. The Labute approximate surface area is 88.3 Å². The van der Waals surface area contributed by atoms with Crippen LogP contribution in [-0.2, 0) is 14.8 Å². The monoisotopic (exact) mass is 226 g/mol. The molecular formula is C8H22N2O3S. The highest BCUT2D eigenvalue weighted by molar-refractivity contribution is 7.89. The van der Waals surface area contributed by atoms with E-state index in [9.17, 15) is 13.2 Å². The lowest BCUT2D eigenvalue weighted by molar-refractivity contribution is -0.118. The number of carbonyl (C=O) groups excluding carboxylic acids is 1. The predicted octanol–water partition coefficient (Wildman–Crippen LogP) is 0.332. The number of hydrogen-bond acceptors (Lipinski definition) is 3. The molecule has 0 unspecified atom stereocenters. The largest absolute Gasteiger partial charge is 0.356 e. The maximum absolute atomic E-state index is 11.3. The summed E-state index contributed by atoms with van der Waals surface area (Å²) in [6.45, 7) is 5.34. The second-order valence-electron chi connectivity index (χ2n) is 3.43. The van der Waals surface area contributed by atoms with Crippen LogP contribution in [0.4, 0.5) is 0 Å². The molecule has 0 saturated heterocycles. The molecule has 14 heavy (non-hydrogen) atoms. The van der Waals surface area contributed by atoms with Crippen molar-refractivity contribution >= 4 is 15.9 Å². The van der Waals surface area contributed by atoms with E-state index < -0.39 is 10.0 Å². The third-order valence-corrected chi connectivity index (χ3v) is 3.04. The van der Waals surface area contributed by atoms with Crippen LogP contribution < -0.4 is 10.0 Å². The maximum Gasteiger partial charge on any atom is 0.216 e. The molecule has 6 heteroatoms. The Hall–Kier alpha value is -0.620. The van der Waals surface area contributed by atoms with E-state index in [0.717, 1.165) is 0 Å². The van der Waals surface area contributed by atoms with Crippen molar-refractivity contribution in [3.05, 3.63) is 0 Å². The van der Waals surface area contributed by atoms with Crippen molar-refractivity contribution < 1.29 is 16.1 Å². The van der Waals surface area contributed by atoms with Crippen LogP contribution in [0.25, 0.3) is 0 Å². The molecule has 0 atom stereocenters. The Bertz CT molecular complexity index is 281. The van der Waals surface area contributed by atoms with Gasteiger partial charge in [-0.25, -0.2) is 13.1 Å². The molecule has 5 nitrogen and oxygen atoms in total. The zero-order valence-corrected chi connectivity index (χ0v) is 9.65. The molecule has 0 radical (unpaired) electrons. The first-order valence-electron chi connectivity index (χ1n) is 4.58. The number of carbonyl (C=O) groups is 1. The minimum atomic E-state index is -3.18. The second-order valence-corrected chi connectivity index (χ2v) is 5.30. The molecule has 0 aliphatic carbocycles. The topological polar surface area (TPSA) is 75.3 Å². The molecule has 0 bridgehead atoms. The first-order valence-corrected chi connectivity index (χ1v) is 6.23. The number of amides is 1. The van der Waals surface area contributed by atoms with Gasteiger partial charge in [-0.1, -0.05) is 0 Å². The predicted molar refractivity (Wildman–Crippen MR) is 59.6 cm³/mol.